The van der Waals surface area contributed by atoms with Gasteiger partial charge < -0.3 is 4.74 Å². The molecular formula is C9H16O4S2. The van der Waals surface area contributed by atoms with E-state index in [2.05, 4.69) is 4.74 Å². The van der Waals surface area contributed by atoms with Gasteiger partial charge in [0.05, 0.1) is 18.8 Å². The Kier molecular flexibility index (Phi) is 4.45. The molecular weight excluding hydrogens is 236 g/mol. The van der Waals surface area contributed by atoms with E-state index in [1.165, 1.54) is 7.11 Å². The summed E-state index contributed by atoms with van der Waals surface area (Å²) in [5, 5.41) is 0. The van der Waals surface area contributed by atoms with E-state index < -0.39 is 21.7 Å². The average Bonchev–Trinajstić information content (AvgIpc) is 2.64. The summed E-state index contributed by atoms with van der Waals surface area (Å²) in [5.74, 6) is 1.03. The Bertz CT molecular complexity index is 317. The molecule has 0 aromatic heterocycles. The maximum absolute atomic E-state index is 11.5. The fraction of sp³-hybridized carbons (Fsp3) is 0.889. The van der Waals surface area contributed by atoms with Gasteiger partial charge in [-0.05, 0) is 23.8 Å². The maximum Gasteiger partial charge on any atom is 0.310 e. The third-order valence-electron chi connectivity index (χ3n) is 2.52. The Morgan fingerprint density at radius 1 is 1.60 bits per heavy atom. The van der Waals surface area contributed by atoms with Crippen LogP contribution in [0, 0.1) is 11.8 Å². The first-order chi connectivity index (χ1) is 6.94. The lowest BCUT2D eigenvalue weighted by molar-refractivity contribution is -0.146. The fourth-order valence-corrected chi connectivity index (χ4v) is 4.14. The van der Waals surface area contributed by atoms with Crippen LogP contribution in [0.4, 0.5) is 0 Å². The molecule has 1 heterocycles. The van der Waals surface area contributed by atoms with Crippen LogP contribution in [0.3, 0.4) is 0 Å². The second-order valence-corrected chi connectivity index (χ2v) is 7.18. The molecule has 0 N–H and O–H groups in total. The first-order valence-corrected chi connectivity index (χ1v) is 7.99. The number of rotatable bonds is 4. The molecule has 2 atom stereocenters. The average molecular weight is 252 g/mol. The molecule has 0 aliphatic carbocycles. The minimum atomic E-state index is -3.13. The van der Waals surface area contributed by atoms with E-state index >= 15 is 0 Å². The van der Waals surface area contributed by atoms with E-state index in [4.69, 9.17) is 0 Å². The largest absolute Gasteiger partial charge is 0.469 e. The minimum absolute atomic E-state index is 0.0924. The Morgan fingerprint density at radius 3 is 2.67 bits per heavy atom. The Balaban J connectivity index is 2.73. The van der Waals surface area contributed by atoms with Gasteiger partial charge in [-0.15, -0.1) is 0 Å². The number of hydrogen-bond donors (Lipinski definition) is 0. The van der Waals surface area contributed by atoms with E-state index in [0.29, 0.717) is 0 Å². The zero-order valence-corrected chi connectivity index (χ0v) is 10.6. The first kappa shape index (κ1) is 12.8. The van der Waals surface area contributed by atoms with Gasteiger partial charge in [0, 0.05) is 6.26 Å². The molecule has 0 aromatic rings. The molecule has 1 aliphatic rings. The number of ether oxygens (including phenoxy) is 1. The predicted octanol–water partition coefficient (Wildman–Crippen LogP) is 0.573. The third-order valence-corrected chi connectivity index (χ3v) is 4.67. The summed E-state index contributed by atoms with van der Waals surface area (Å²) in [7, 11) is -1.82. The van der Waals surface area contributed by atoms with Gasteiger partial charge in [0.1, 0.15) is 9.84 Å². The molecule has 4 nitrogen and oxygen atoms in total. The van der Waals surface area contributed by atoms with Crippen LogP contribution in [0.25, 0.3) is 0 Å². The Labute approximate surface area is 94.7 Å². The van der Waals surface area contributed by atoms with Crippen molar-refractivity contribution in [2.75, 3.05) is 30.6 Å². The van der Waals surface area contributed by atoms with Crippen LogP contribution in [0.15, 0.2) is 0 Å². The molecule has 15 heavy (non-hydrogen) atoms. The molecule has 0 spiro atoms. The summed E-state index contributed by atoms with van der Waals surface area (Å²) in [4.78, 5) is 11.5. The van der Waals surface area contributed by atoms with E-state index in [-0.39, 0.29) is 11.7 Å². The van der Waals surface area contributed by atoms with Gasteiger partial charge >= 0.3 is 5.97 Å². The number of sulfone groups is 1. The summed E-state index contributed by atoms with van der Waals surface area (Å²) < 4.78 is 27.1. The van der Waals surface area contributed by atoms with Crippen molar-refractivity contribution in [3.63, 3.8) is 0 Å². The van der Waals surface area contributed by atoms with Gasteiger partial charge in [0.15, 0.2) is 0 Å². The molecule has 0 amide bonds. The quantitative estimate of drug-likeness (QED) is 0.685. The lowest BCUT2D eigenvalue weighted by Crippen LogP contribution is -2.31. The van der Waals surface area contributed by atoms with Crippen LogP contribution in [0.1, 0.15) is 6.42 Å². The summed E-state index contributed by atoms with van der Waals surface area (Å²) in [6.07, 6.45) is 2.06. The molecule has 0 aromatic carbocycles. The summed E-state index contributed by atoms with van der Waals surface area (Å²) in [6.45, 7) is 0. The molecule has 0 radical (unpaired) electrons. The van der Waals surface area contributed by atoms with Crippen LogP contribution in [0.5, 0.6) is 0 Å². The molecule has 6 heteroatoms. The van der Waals surface area contributed by atoms with E-state index in [1.54, 1.807) is 11.8 Å². The highest BCUT2D eigenvalue weighted by Gasteiger charge is 2.34. The highest BCUT2D eigenvalue weighted by atomic mass is 32.2. The molecule has 88 valence electrons. The van der Waals surface area contributed by atoms with E-state index in [0.717, 1.165) is 24.2 Å². The van der Waals surface area contributed by atoms with Crippen LogP contribution in [0.2, 0.25) is 0 Å². The number of carbonyl (C=O) groups excluding carboxylic acids is 1. The van der Waals surface area contributed by atoms with Gasteiger partial charge in [-0.1, -0.05) is 0 Å². The van der Waals surface area contributed by atoms with Crippen LogP contribution in [-0.2, 0) is 19.4 Å². The lowest BCUT2D eigenvalue weighted by Gasteiger charge is -2.19. The predicted molar refractivity (Wildman–Crippen MR) is 60.6 cm³/mol. The van der Waals surface area contributed by atoms with Crippen LogP contribution in [-0.4, -0.2) is 45.0 Å². The van der Waals surface area contributed by atoms with Crippen LogP contribution < -0.4 is 0 Å². The SMILES string of the molecule is COC(=O)C(CS(C)(=O)=O)C1CCSC1. The summed E-state index contributed by atoms with van der Waals surface area (Å²) >= 11 is 1.76. The summed E-state index contributed by atoms with van der Waals surface area (Å²) in [6, 6.07) is 0. The monoisotopic (exact) mass is 252 g/mol. The Morgan fingerprint density at radius 2 is 2.27 bits per heavy atom. The molecule has 1 saturated heterocycles. The number of hydrogen-bond acceptors (Lipinski definition) is 5. The van der Waals surface area contributed by atoms with E-state index in [1.807, 2.05) is 0 Å². The van der Waals surface area contributed by atoms with Crippen molar-refractivity contribution in [2.24, 2.45) is 11.8 Å². The molecule has 1 rings (SSSR count). The van der Waals surface area contributed by atoms with Crippen molar-refractivity contribution in [3.05, 3.63) is 0 Å². The van der Waals surface area contributed by atoms with Crippen molar-refractivity contribution in [1.29, 1.82) is 0 Å². The highest BCUT2D eigenvalue weighted by Crippen LogP contribution is 2.31. The third kappa shape index (κ3) is 4.03. The van der Waals surface area contributed by atoms with Crippen molar-refractivity contribution >= 4 is 27.6 Å². The number of methoxy groups -OCH3 is 1. The first-order valence-electron chi connectivity index (χ1n) is 4.77. The van der Waals surface area contributed by atoms with Crippen molar-refractivity contribution < 1.29 is 17.9 Å². The molecule has 0 saturated carbocycles. The molecule has 1 aliphatic heterocycles. The second-order valence-electron chi connectivity index (χ2n) is 3.85. The molecule has 2 unspecified atom stereocenters. The Hall–Kier alpha value is -0.230. The smallest absolute Gasteiger partial charge is 0.310 e. The standard InChI is InChI=1S/C9H16O4S2/c1-13-9(10)8(6-15(2,11)12)7-3-4-14-5-7/h7-8H,3-6H2,1-2H3. The van der Waals surface area contributed by atoms with Gasteiger partial charge in [0.25, 0.3) is 0 Å². The van der Waals surface area contributed by atoms with E-state index in [9.17, 15) is 13.2 Å². The van der Waals surface area contributed by atoms with Crippen molar-refractivity contribution in [2.45, 2.75) is 6.42 Å². The summed E-state index contributed by atoms with van der Waals surface area (Å²) in [5.41, 5.74) is 0. The lowest BCUT2D eigenvalue weighted by atomic mass is 9.94. The molecule has 0 bridgehead atoms. The van der Waals surface area contributed by atoms with Crippen LogP contribution >= 0.6 is 11.8 Å². The number of esters is 1. The minimum Gasteiger partial charge on any atom is -0.469 e. The van der Waals surface area contributed by atoms with Crippen molar-refractivity contribution in [1.82, 2.24) is 0 Å². The molecule has 1 fully saturated rings. The topological polar surface area (TPSA) is 60.4 Å². The number of thioether (sulfide) groups is 1. The number of carbonyl (C=O) groups is 1. The fourth-order valence-electron chi connectivity index (χ4n) is 1.74. The second kappa shape index (κ2) is 5.21. The highest BCUT2D eigenvalue weighted by molar-refractivity contribution is 7.99. The maximum atomic E-state index is 11.5. The van der Waals surface area contributed by atoms with Gasteiger partial charge in [-0.3, -0.25) is 4.79 Å². The zero-order valence-electron chi connectivity index (χ0n) is 8.93. The normalized spacial score (nSPS) is 23.7. The van der Waals surface area contributed by atoms with Gasteiger partial charge in [-0.25, -0.2) is 8.42 Å². The zero-order chi connectivity index (χ0) is 11.5. The van der Waals surface area contributed by atoms with Gasteiger partial charge in [0.2, 0.25) is 0 Å². The van der Waals surface area contributed by atoms with Crippen molar-refractivity contribution in [3.8, 4) is 0 Å². The van der Waals surface area contributed by atoms with Gasteiger partial charge in [-0.2, -0.15) is 11.8 Å².